The minimum atomic E-state index is 0.192. The number of rotatable bonds is 4. The third-order valence-corrected chi connectivity index (χ3v) is 5.71. The zero-order valence-electron chi connectivity index (χ0n) is 14.8. The number of carbonyl (C=O) groups excluding carboxylic acids is 1. The second kappa shape index (κ2) is 7.00. The third-order valence-electron chi connectivity index (χ3n) is 5.71. The van der Waals surface area contributed by atoms with Crippen molar-refractivity contribution >= 4 is 5.91 Å². The third kappa shape index (κ3) is 3.33. The normalized spacial score (nSPS) is 24.1. The summed E-state index contributed by atoms with van der Waals surface area (Å²) < 4.78 is 2.03. The predicted octanol–water partition coefficient (Wildman–Crippen LogP) is 2.63. The van der Waals surface area contributed by atoms with Gasteiger partial charge < -0.3 is 14.4 Å². The van der Waals surface area contributed by atoms with E-state index < -0.39 is 0 Å². The lowest BCUT2D eigenvalue weighted by Gasteiger charge is -2.33. The van der Waals surface area contributed by atoms with Crippen LogP contribution in [0.5, 0.6) is 0 Å². The van der Waals surface area contributed by atoms with Crippen LogP contribution in [0.4, 0.5) is 0 Å². The Morgan fingerprint density at radius 2 is 1.88 bits per heavy atom. The zero-order chi connectivity index (χ0) is 17.2. The van der Waals surface area contributed by atoms with Crippen LogP contribution < -0.4 is 0 Å². The summed E-state index contributed by atoms with van der Waals surface area (Å²) in [4.78, 5) is 21.7. The highest BCUT2D eigenvalue weighted by atomic mass is 16.2. The van der Waals surface area contributed by atoms with Gasteiger partial charge in [0.25, 0.3) is 5.91 Å². The Morgan fingerprint density at radius 3 is 2.56 bits per heavy atom. The summed E-state index contributed by atoms with van der Waals surface area (Å²) in [6.45, 7) is 2.84. The highest BCUT2D eigenvalue weighted by molar-refractivity contribution is 5.94. The van der Waals surface area contributed by atoms with E-state index in [4.69, 9.17) is 0 Å². The van der Waals surface area contributed by atoms with Crippen LogP contribution in [0.3, 0.4) is 0 Å². The number of aromatic nitrogens is 2. The number of carbonyl (C=O) groups is 1. The van der Waals surface area contributed by atoms with Gasteiger partial charge in [0.15, 0.2) is 0 Å². The van der Waals surface area contributed by atoms with Crippen LogP contribution in [-0.4, -0.2) is 57.5 Å². The van der Waals surface area contributed by atoms with E-state index in [1.54, 1.807) is 6.20 Å². The molecule has 1 aromatic carbocycles. The Balaban J connectivity index is 1.46. The number of likely N-dealkylation sites (tertiary alicyclic amines) is 2. The molecule has 0 spiro atoms. The molecule has 2 fully saturated rings. The summed E-state index contributed by atoms with van der Waals surface area (Å²) in [6, 6.07) is 8.97. The Kier molecular flexibility index (Phi) is 4.57. The van der Waals surface area contributed by atoms with Crippen molar-refractivity contribution in [1.29, 1.82) is 0 Å². The second-order valence-electron chi connectivity index (χ2n) is 7.33. The van der Waals surface area contributed by atoms with E-state index in [1.807, 2.05) is 29.2 Å². The standard InChI is InChI=1S/C20H26N4O/c1-22-11-2-4-18(22)19-5-3-12-24(19)20(25)17-8-6-16(7-9-17)14-23-13-10-21-15-23/h6-10,13,15,18-19H,2-5,11-12,14H2,1H3/t18-,19-/m1/s1. The quantitative estimate of drug-likeness (QED) is 0.860. The molecule has 0 bridgehead atoms. The molecule has 5 heteroatoms. The second-order valence-corrected chi connectivity index (χ2v) is 7.33. The van der Waals surface area contributed by atoms with Crippen LogP contribution in [0.1, 0.15) is 41.6 Å². The molecule has 5 nitrogen and oxygen atoms in total. The van der Waals surface area contributed by atoms with Crippen LogP contribution in [0.15, 0.2) is 43.0 Å². The van der Waals surface area contributed by atoms with E-state index in [1.165, 1.54) is 18.4 Å². The van der Waals surface area contributed by atoms with Crippen LogP contribution in [-0.2, 0) is 6.54 Å². The van der Waals surface area contributed by atoms with Crippen LogP contribution in [0.2, 0.25) is 0 Å². The first-order chi connectivity index (χ1) is 12.2. The fourth-order valence-corrected chi connectivity index (χ4v) is 4.38. The molecule has 4 rings (SSSR count). The van der Waals surface area contributed by atoms with Gasteiger partial charge in [-0.25, -0.2) is 4.98 Å². The lowest BCUT2D eigenvalue weighted by Crippen LogP contribution is -2.47. The van der Waals surface area contributed by atoms with Crippen molar-refractivity contribution in [2.75, 3.05) is 20.1 Å². The first-order valence-electron chi connectivity index (χ1n) is 9.28. The van der Waals surface area contributed by atoms with E-state index in [0.29, 0.717) is 12.1 Å². The average Bonchev–Trinajstić information content (AvgIpc) is 3.36. The lowest BCUT2D eigenvalue weighted by atomic mass is 10.0. The maximum Gasteiger partial charge on any atom is 0.254 e. The lowest BCUT2D eigenvalue weighted by molar-refractivity contribution is 0.0664. The summed E-state index contributed by atoms with van der Waals surface area (Å²) >= 11 is 0. The molecule has 2 aromatic rings. The Labute approximate surface area is 149 Å². The van der Waals surface area contributed by atoms with Gasteiger partial charge in [0.1, 0.15) is 0 Å². The summed E-state index contributed by atoms with van der Waals surface area (Å²) in [5.74, 6) is 0.192. The molecule has 0 N–H and O–H groups in total. The van der Waals surface area contributed by atoms with Crippen LogP contribution >= 0.6 is 0 Å². The molecule has 2 aliphatic rings. The van der Waals surface area contributed by atoms with Crippen molar-refractivity contribution in [1.82, 2.24) is 19.4 Å². The summed E-state index contributed by atoms with van der Waals surface area (Å²) in [6.07, 6.45) is 10.3. The van der Waals surface area contributed by atoms with E-state index >= 15 is 0 Å². The molecule has 3 heterocycles. The number of imidazole rings is 1. The van der Waals surface area contributed by atoms with Crippen LogP contribution in [0, 0.1) is 0 Å². The van der Waals surface area contributed by atoms with Gasteiger partial charge in [0.2, 0.25) is 0 Å². The molecule has 2 saturated heterocycles. The largest absolute Gasteiger partial charge is 0.334 e. The SMILES string of the molecule is CN1CCC[C@@H]1[C@H]1CCCN1C(=O)c1ccc(Cn2ccnc2)cc1. The van der Waals surface area contributed by atoms with Gasteiger partial charge in [-0.2, -0.15) is 0 Å². The van der Waals surface area contributed by atoms with Gasteiger partial charge in [-0.15, -0.1) is 0 Å². The average molecular weight is 338 g/mol. The number of likely N-dealkylation sites (N-methyl/N-ethyl adjacent to an activating group) is 1. The highest BCUT2D eigenvalue weighted by Gasteiger charge is 2.38. The molecule has 0 radical (unpaired) electrons. The van der Waals surface area contributed by atoms with Crippen molar-refractivity contribution in [3.05, 3.63) is 54.1 Å². The molecule has 0 saturated carbocycles. The first-order valence-corrected chi connectivity index (χ1v) is 9.28. The van der Waals surface area contributed by atoms with Gasteiger partial charge in [0.05, 0.1) is 6.33 Å². The molecular weight excluding hydrogens is 312 g/mol. The summed E-state index contributed by atoms with van der Waals surface area (Å²) in [5.41, 5.74) is 1.99. The Bertz CT molecular complexity index is 710. The minimum Gasteiger partial charge on any atom is -0.334 e. The molecule has 1 aromatic heterocycles. The first kappa shape index (κ1) is 16.3. The van der Waals surface area contributed by atoms with E-state index in [2.05, 4.69) is 34.0 Å². The van der Waals surface area contributed by atoms with Crippen molar-refractivity contribution in [2.24, 2.45) is 0 Å². The molecule has 25 heavy (non-hydrogen) atoms. The van der Waals surface area contributed by atoms with Crippen molar-refractivity contribution in [2.45, 2.75) is 44.3 Å². The highest BCUT2D eigenvalue weighted by Crippen LogP contribution is 2.30. The summed E-state index contributed by atoms with van der Waals surface area (Å²) in [7, 11) is 2.20. The maximum absolute atomic E-state index is 13.0. The van der Waals surface area contributed by atoms with Crippen molar-refractivity contribution in [3.8, 4) is 0 Å². The topological polar surface area (TPSA) is 41.4 Å². The number of nitrogens with zero attached hydrogens (tertiary/aromatic N) is 4. The number of hydrogen-bond donors (Lipinski definition) is 0. The minimum absolute atomic E-state index is 0.192. The zero-order valence-corrected chi connectivity index (χ0v) is 14.8. The van der Waals surface area contributed by atoms with Gasteiger partial charge in [0, 0.05) is 43.1 Å². The van der Waals surface area contributed by atoms with Crippen molar-refractivity contribution < 1.29 is 4.79 Å². The van der Waals surface area contributed by atoms with Gasteiger partial charge >= 0.3 is 0 Å². The van der Waals surface area contributed by atoms with Gasteiger partial charge in [-0.05, 0) is 57.0 Å². The number of hydrogen-bond acceptors (Lipinski definition) is 3. The van der Waals surface area contributed by atoms with E-state index in [-0.39, 0.29) is 5.91 Å². The Morgan fingerprint density at radius 1 is 1.12 bits per heavy atom. The fourth-order valence-electron chi connectivity index (χ4n) is 4.38. The molecule has 0 aliphatic carbocycles. The summed E-state index contributed by atoms with van der Waals surface area (Å²) in [5, 5.41) is 0. The van der Waals surface area contributed by atoms with Gasteiger partial charge in [-0.3, -0.25) is 4.79 Å². The van der Waals surface area contributed by atoms with E-state index in [0.717, 1.165) is 38.0 Å². The van der Waals surface area contributed by atoms with Crippen molar-refractivity contribution in [3.63, 3.8) is 0 Å². The molecular formula is C20H26N4O. The maximum atomic E-state index is 13.0. The predicted molar refractivity (Wildman–Crippen MR) is 97.5 cm³/mol. The molecule has 1 amide bonds. The molecule has 0 unspecified atom stereocenters. The van der Waals surface area contributed by atoms with Gasteiger partial charge in [-0.1, -0.05) is 12.1 Å². The monoisotopic (exact) mass is 338 g/mol. The van der Waals surface area contributed by atoms with E-state index in [9.17, 15) is 4.79 Å². The Hall–Kier alpha value is -2.14. The molecule has 2 atom stereocenters. The van der Waals surface area contributed by atoms with Crippen LogP contribution in [0.25, 0.3) is 0 Å². The fraction of sp³-hybridized carbons (Fsp3) is 0.500. The smallest absolute Gasteiger partial charge is 0.254 e. The molecule has 132 valence electrons. The molecule has 2 aliphatic heterocycles. The number of amides is 1. The number of benzene rings is 1.